The van der Waals surface area contributed by atoms with Crippen LogP contribution in [0.15, 0.2) is 29.3 Å². The summed E-state index contributed by atoms with van der Waals surface area (Å²) in [6.07, 6.45) is 1.61. The molecule has 0 saturated carbocycles. The number of piperazine rings is 1. The minimum Gasteiger partial charge on any atom is -0.396 e. The maximum Gasteiger partial charge on any atom is 0.242 e. The quantitative estimate of drug-likeness (QED) is 0.539. The number of rotatable bonds is 6. The Kier molecular flexibility index (Phi) is 7.75. The van der Waals surface area contributed by atoms with Crippen LogP contribution in [0.5, 0.6) is 0 Å². The average molecular weight is 423 g/mol. The van der Waals surface area contributed by atoms with Gasteiger partial charge in [-0.05, 0) is 37.5 Å². The molecule has 29 heavy (non-hydrogen) atoms. The third kappa shape index (κ3) is 5.84. The van der Waals surface area contributed by atoms with E-state index in [1.165, 1.54) is 0 Å². The molecule has 7 nitrogen and oxygen atoms in total. The van der Waals surface area contributed by atoms with E-state index in [2.05, 4.69) is 5.32 Å². The number of nitrogens with one attached hydrogen (secondary N) is 1. The molecule has 0 bridgehead atoms. The predicted molar refractivity (Wildman–Crippen MR) is 114 cm³/mol. The zero-order valence-electron chi connectivity index (χ0n) is 17.1. The highest BCUT2D eigenvalue weighted by Gasteiger charge is 2.33. The van der Waals surface area contributed by atoms with E-state index in [0.717, 1.165) is 37.5 Å². The summed E-state index contributed by atoms with van der Waals surface area (Å²) in [4.78, 5) is 21.4. The molecule has 1 aromatic rings. The lowest BCUT2D eigenvalue weighted by Gasteiger charge is -2.37. The number of ether oxygens (including phenoxy) is 1. The van der Waals surface area contributed by atoms with Gasteiger partial charge in [0.2, 0.25) is 5.91 Å². The number of nitrogens with zero attached hydrogens (tertiary/aromatic N) is 3. The SMILES string of the molecule is CCNC(=NCC1(CO)CCOCC1)N1CCN(Cc2ccc(Cl)cc2)C(=O)C1. The first-order valence-electron chi connectivity index (χ1n) is 10.3. The Balaban J connectivity index is 1.62. The molecule has 2 heterocycles. The van der Waals surface area contributed by atoms with Crippen molar-refractivity contribution in [2.45, 2.75) is 26.3 Å². The van der Waals surface area contributed by atoms with Gasteiger partial charge in [0.05, 0.1) is 19.7 Å². The molecule has 0 unspecified atom stereocenters. The largest absolute Gasteiger partial charge is 0.396 e. The molecule has 8 heteroatoms. The average Bonchev–Trinajstić information content (AvgIpc) is 2.75. The van der Waals surface area contributed by atoms with Gasteiger partial charge in [-0.15, -0.1) is 0 Å². The number of halogens is 1. The van der Waals surface area contributed by atoms with E-state index in [9.17, 15) is 9.90 Å². The first-order chi connectivity index (χ1) is 14.0. The van der Waals surface area contributed by atoms with Gasteiger partial charge in [-0.25, -0.2) is 0 Å². The van der Waals surface area contributed by atoms with Crippen LogP contribution in [0.2, 0.25) is 5.02 Å². The van der Waals surface area contributed by atoms with Crippen LogP contribution in [-0.4, -0.2) is 79.3 Å². The lowest BCUT2D eigenvalue weighted by atomic mass is 9.81. The summed E-state index contributed by atoms with van der Waals surface area (Å²) in [6.45, 7) is 6.97. The Labute approximate surface area is 177 Å². The van der Waals surface area contributed by atoms with Gasteiger partial charge >= 0.3 is 0 Å². The number of aliphatic hydroxyl groups excluding tert-OH is 1. The van der Waals surface area contributed by atoms with Crippen molar-refractivity contribution in [2.24, 2.45) is 10.4 Å². The third-order valence-electron chi connectivity index (χ3n) is 5.69. The number of benzene rings is 1. The van der Waals surface area contributed by atoms with Gasteiger partial charge in [0.15, 0.2) is 5.96 Å². The predicted octanol–water partition coefficient (Wildman–Crippen LogP) is 1.74. The summed E-state index contributed by atoms with van der Waals surface area (Å²) in [7, 11) is 0. The second-order valence-electron chi connectivity index (χ2n) is 7.80. The summed E-state index contributed by atoms with van der Waals surface area (Å²) < 4.78 is 5.44. The van der Waals surface area contributed by atoms with Crippen molar-refractivity contribution >= 4 is 23.5 Å². The monoisotopic (exact) mass is 422 g/mol. The molecule has 0 aliphatic carbocycles. The highest BCUT2D eigenvalue weighted by Crippen LogP contribution is 2.30. The minimum atomic E-state index is -0.223. The van der Waals surface area contributed by atoms with E-state index in [1.807, 2.05) is 41.0 Å². The first kappa shape index (κ1) is 21.9. The second-order valence-corrected chi connectivity index (χ2v) is 8.24. The maximum absolute atomic E-state index is 12.7. The normalized spacial score (nSPS) is 20.1. The van der Waals surface area contributed by atoms with Gasteiger partial charge in [0.1, 0.15) is 0 Å². The summed E-state index contributed by atoms with van der Waals surface area (Å²) in [6, 6.07) is 7.60. The molecule has 2 aliphatic heterocycles. The fraction of sp³-hybridized carbons (Fsp3) is 0.619. The lowest BCUT2D eigenvalue weighted by Crippen LogP contribution is -2.55. The first-order valence-corrected chi connectivity index (χ1v) is 10.7. The number of amides is 1. The van der Waals surface area contributed by atoms with Crippen LogP contribution < -0.4 is 5.32 Å². The van der Waals surface area contributed by atoms with Crippen LogP contribution in [0.4, 0.5) is 0 Å². The molecule has 2 saturated heterocycles. The van der Waals surface area contributed by atoms with Gasteiger partial charge in [0.25, 0.3) is 0 Å². The second kappa shape index (κ2) is 10.3. The Bertz CT molecular complexity index is 704. The van der Waals surface area contributed by atoms with Gasteiger partial charge < -0.3 is 25.0 Å². The molecule has 0 atom stereocenters. The van der Waals surface area contributed by atoms with Crippen molar-refractivity contribution < 1.29 is 14.6 Å². The van der Waals surface area contributed by atoms with E-state index in [4.69, 9.17) is 21.3 Å². The Hall–Kier alpha value is -1.83. The molecule has 1 amide bonds. The van der Waals surface area contributed by atoms with E-state index >= 15 is 0 Å². The van der Waals surface area contributed by atoms with Crippen LogP contribution in [0, 0.1) is 5.41 Å². The highest BCUT2D eigenvalue weighted by molar-refractivity contribution is 6.30. The van der Waals surface area contributed by atoms with Crippen LogP contribution in [0.3, 0.4) is 0 Å². The molecule has 0 radical (unpaired) electrons. The van der Waals surface area contributed by atoms with Crippen LogP contribution in [-0.2, 0) is 16.1 Å². The molecule has 160 valence electrons. The van der Waals surface area contributed by atoms with Crippen molar-refractivity contribution in [2.75, 3.05) is 52.5 Å². The topological polar surface area (TPSA) is 77.4 Å². The number of hydrogen-bond donors (Lipinski definition) is 2. The highest BCUT2D eigenvalue weighted by atomic mass is 35.5. The molecule has 3 rings (SSSR count). The van der Waals surface area contributed by atoms with Gasteiger partial charge in [-0.1, -0.05) is 23.7 Å². The molecule has 0 spiro atoms. The molecular weight excluding hydrogens is 392 g/mol. The van der Waals surface area contributed by atoms with Gasteiger partial charge in [0, 0.05) is 49.8 Å². The fourth-order valence-corrected chi connectivity index (χ4v) is 3.83. The Morgan fingerprint density at radius 1 is 1.28 bits per heavy atom. The van der Waals surface area contributed by atoms with Crippen molar-refractivity contribution in [3.63, 3.8) is 0 Å². The summed E-state index contributed by atoms with van der Waals surface area (Å²) in [5.74, 6) is 0.825. The molecular formula is C21H31ClN4O3. The minimum absolute atomic E-state index is 0.0831. The number of guanidine groups is 1. The van der Waals surface area contributed by atoms with Crippen molar-refractivity contribution in [1.29, 1.82) is 0 Å². The number of carbonyl (C=O) groups excluding carboxylic acids is 1. The molecule has 2 fully saturated rings. The third-order valence-corrected chi connectivity index (χ3v) is 5.94. The number of aliphatic hydroxyl groups is 1. The van der Waals surface area contributed by atoms with Crippen LogP contribution >= 0.6 is 11.6 Å². The van der Waals surface area contributed by atoms with Crippen molar-refractivity contribution in [1.82, 2.24) is 15.1 Å². The maximum atomic E-state index is 12.7. The summed E-state index contributed by atoms with van der Waals surface area (Å²) >= 11 is 5.94. The lowest BCUT2D eigenvalue weighted by molar-refractivity contribution is -0.135. The van der Waals surface area contributed by atoms with Gasteiger partial charge in [-0.3, -0.25) is 9.79 Å². The number of aliphatic imine (C=N–C) groups is 1. The molecule has 2 N–H and O–H groups in total. The summed E-state index contributed by atoms with van der Waals surface area (Å²) in [5, 5.41) is 13.9. The molecule has 1 aromatic carbocycles. The Morgan fingerprint density at radius 3 is 2.62 bits per heavy atom. The zero-order chi connectivity index (χ0) is 20.7. The van der Waals surface area contributed by atoms with Crippen LogP contribution in [0.1, 0.15) is 25.3 Å². The van der Waals surface area contributed by atoms with Crippen molar-refractivity contribution in [3.05, 3.63) is 34.9 Å². The fourth-order valence-electron chi connectivity index (χ4n) is 3.71. The van der Waals surface area contributed by atoms with Gasteiger partial charge in [-0.2, -0.15) is 0 Å². The number of hydrogen-bond acceptors (Lipinski definition) is 4. The van der Waals surface area contributed by atoms with Crippen LogP contribution in [0.25, 0.3) is 0 Å². The van der Waals surface area contributed by atoms with Crippen molar-refractivity contribution in [3.8, 4) is 0 Å². The van der Waals surface area contributed by atoms with E-state index < -0.39 is 0 Å². The van der Waals surface area contributed by atoms with E-state index in [-0.39, 0.29) is 17.9 Å². The van der Waals surface area contributed by atoms with E-state index in [0.29, 0.717) is 44.4 Å². The standard InChI is InChI=1S/C21H31ClN4O3/c1-2-23-20(24-15-21(16-27)7-11-29-12-8-21)26-10-9-25(19(28)14-26)13-17-3-5-18(22)6-4-17/h3-6,27H,2,7-16H2,1H3,(H,23,24). The summed E-state index contributed by atoms with van der Waals surface area (Å²) in [5.41, 5.74) is 0.848. The zero-order valence-corrected chi connectivity index (χ0v) is 17.8. The Morgan fingerprint density at radius 2 is 2.00 bits per heavy atom. The molecule has 0 aromatic heterocycles. The van der Waals surface area contributed by atoms with E-state index in [1.54, 1.807) is 0 Å². The number of carbonyl (C=O) groups is 1. The smallest absolute Gasteiger partial charge is 0.242 e. The molecule has 2 aliphatic rings.